The van der Waals surface area contributed by atoms with Crippen LogP contribution < -0.4 is 21.3 Å². The molecule has 6 nitrogen and oxygen atoms in total. The van der Waals surface area contributed by atoms with Crippen molar-refractivity contribution < 1.29 is 9.59 Å². The van der Waals surface area contributed by atoms with E-state index in [1.807, 2.05) is 0 Å². The third-order valence-electron chi connectivity index (χ3n) is 3.29. The van der Waals surface area contributed by atoms with Gasteiger partial charge in [-0.3, -0.25) is 4.79 Å². The Morgan fingerprint density at radius 3 is 2.40 bits per heavy atom. The Balaban J connectivity index is 1.83. The van der Waals surface area contributed by atoms with E-state index < -0.39 is 0 Å². The summed E-state index contributed by atoms with van der Waals surface area (Å²) in [5.74, 6) is 0.468. The summed E-state index contributed by atoms with van der Waals surface area (Å²) in [5.41, 5.74) is 1.42. The van der Waals surface area contributed by atoms with Crippen LogP contribution in [0.15, 0.2) is 24.3 Å². The van der Waals surface area contributed by atoms with Gasteiger partial charge in [0.25, 0.3) is 0 Å². The summed E-state index contributed by atoms with van der Waals surface area (Å²) < 4.78 is 0. The molecule has 0 bridgehead atoms. The Morgan fingerprint density at radius 2 is 1.85 bits per heavy atom. The highest BCUT2D eigenvalue weighted by molar-refractivity contribution is 5.92. The van der Waals surface area contributed by atoms with Crippen molar-refractivity contribution in [3.63, 3.8) is 0 Å². The third kappa shape index (κ3) is 4.24. The highest BCUT2D eigenvalue weighted by Gasteiger charge is 2.17. The van der Waals surface area contributed by atoms with E-state index in [2.05, 4.69) is 21.3 Å². The molecular weight excluding hydrogens is 256 g/mol. The second kappa shape index (κ2) is 6.91. The molecule has 1 saturated heterocycles. The van der Waals surface area contributed by atoms with Crippen LogP contribution in [0.5, 0.6) is 0 Å². The van der Waals surface area contributed by atoms with Gasteiger partial charge in [-0.2, -0.15) is 0 Å². The lowest BCUT2D eigenvalue weighted by atomic mass is 10.0. The Kier molecular flexibility index (Phi) is 4.95. The van der Waals surface area contributed by atoms with E-state index >= 15 is 0 Å². The number of urea groups is 1. The Morgan fingerprint density at radius 1 is 1.20 bits per heavy atom. The van der Waals surface area contributed by atoms with Crippen LogP contribution in [-0.2, 0) is 4.79 Å². The molecule has 0 spiro atoms. The summed E-state index contributed by atoms with van der Waals surface area (Å²) in [7, 11) is 1.56. The summed E-state index contributed by atoms with van der Waals surface area (Å²) in [6.45, 7) is 1.92. The molecule has 1 aliphatic rings. The maximum absolute atomic E-state index is 11.9. The predicted molar refractivity (Wildman–Crippen MR) is 78.7 cm³/mol. The summed E-state index contributed by atoms with van der Waals surface area (Å²) >= 11 is 0. The van der Waals surface area contributed by atoms with Crippen molar-refractivity contribution in [3.05, 3.63) is 24.3 Å². The second-order valence-corrected chi connectivity index (χ2v) is 4.89. The van der Waals surface area contributed by atoms with Crippen LogP contribution in [0.25, 0.3) is 0 Å². The van der Waals surface area contributed by atoms with Crippen molar-refractivity contribution >= 4 is 23.3 Å². The van der Waals surface area contributed by atoms with Crippen molar-refractivity contribution in [2.75, 3.05) is 30.8 Å². The van der Waals surface area contributed by atoms with E-state index in [1.165, 1.54) is 0 Å². The smallest absolute Gasteiger partial charge is 0.318 e. The molecule has 0 aliphatic carbocycles. The van der Waals surface area contributed by atoms with Gasteiger partial charge in [0.15, 0.2) is 0 Å². The molecule has 1 aromatic rings. The van der Waals surface area contributed by atoms with Gasteiger partial charge in [-0.15, -0.1) is 0 Å². The maximum Gasteiger partial charge on any atom is 0.318 e. The molecule has 20 heavy (non-hydrogen) atoms. The number of anilines is 2. The summed E-state index contributed by atoms with van der Waals surface area (Å²) in [4.78, 5) is 23.0. The first-order valence-electron chi connectivity index (χ1n) is 6.77. The molecule has 6 heteroatoms. The van der Waals surface area contributed by atoms with Gasteiger partial charge in [0.2, 0.25) is 5.91 Å². The van der Waals surface area contributed by atoms with Gasteiger partial charge in [0, 0.05) is 24.8 Å². The van der Waals surface area contributed by atoms with E-state index in [9.17, 15) is 9.59 Å². The van der Waals surface area contributed by atoms with Crippen LogP contribution in [0.1, 0.15) is 12.8 Å². The summed E-state index contributed by atoms with van der Waals surface area (Å²) in [6, 6.07) is 6.78. The minimum atomic E-state index is -0.268. The Labute approximate surface area is 118 Å². The zero-order valence-corrected chi connectivity index (χ0v) is 11.5. The normalized spacial score (nSPS) is 17.6. The number of rotatable bonds is 4. The molecule has 1 heterocycles. The lowest BCUT2D eigenvalue weighted by Crippen LogP contribution is -2.24. The molecule has 0 saturated carbocycles. The quantitative estimate of drug-likeness (QED) is 0.670. The maximum atomic E-state index is 11.9. The van der Waals surface area contributed by atoms with Crippen LogP contribution in [0.3, 0.4) is 0 Å². The Bertz CT molecular complexity index is 467. The number of benzene rings is 1. The van der Waals surface area contributed by atoms with Crippen LogP contribution in [0.4, 0.5) is 16.2 Å². The fourth-order valence-electron chi connectivity index (χ4n) is 2.19. The number of hydrogen-bond acceptors (Lipinski definition) is 3. The zero-order valence-electron chi connectivity index (χ0n) is 11.5. The van der Waals surface area contributed by atoms with Crippen LogP contribution in [0, 0.1) is 5.92 Å². The number of amides is 3. The van der Waals surface area contributed by atoms with E-state index in [1.54, 1.807) is 31.3 Å². The lowest BCUT2D eigenvalue weighted by molar-refractivity contribution is -0.116. The molecule has 108 valence electrons. The number of hydrogen-bond donors (Lipinski definition) is 4. The van der Waals surface area contributed by atoms with E-state index in [4.69, 9.17) is 0 Å². The van der Waals surface area contributed by atoms with E-state index in [0.717, 1.165) is 25.2 Å². The fraction of sp³-hybridized carbons (Fsp3) is 0.429. The standard InChI is InChI=1S/C14H20N4O2/c1-15-14(20)18-12-4-2-11(3-5-12)17-13(19)8-10-6-7-16-9-10/h2-5,10,16H,6-9H2,1H3,(H,17,19)(H2,15,18,20). The second-order valence-electron chi connectivity index (χ2n) is 4.89. The average Bonchev–Trinajstić information content (AvgIpc) is 2.93. The molecule has 1 aromatic carbocycles. The van der Waals surface area contributed by atoms with Crippen molar-refractivity contribution in [2.45, 2.75) is 12.8 Å². The van der Waals surface area contributed by atoms with Gasteiger partial charge in [0.1, 0.15) is 0 Å². The highest BCUT2D eigenvalue weighted by Crippen LogP contribution is 2.16. The van der Waals surface area contributed by atoms with Gasteiger partial charge < -0.3 is 21.3 Å². The SMILES string of the molecule is CNC(=O)Nc1ccc(NC(=O)CC2CCNC2)cc1. The predicted octanol–water partition coefficient (Wildman–Crippen LogP) is 1.38. The molecule has 1 atom stereocenters. The fourth-order valence-corrected chi connectivity index (χ4v) is 2.19. The van der Waals surface area contributed by atoms with Crippen molar-refractivity contribution in [1.29, 1.82) is 0 Å². The van der Waals surface area contributed by atoms with Gasteiger partial charge in [-0.05, 0) is 49.7 Å². The molecule has 1 unspecified atom stereocenters. The van der Waals surface area contributed by atoms with Gasteiger partial charge >= 0.3 is 6.03 Å². The monoisotopic (exact) mass is 276 g/mol. The molecule has 0 radical (unpaired) electrons. The highest BCUT2D eigenvalue weighted by atomic mass is 16.2. The first-order valence-corrected chi connectivity index (χ1v) is 6.77. The van der Waals surface area contributed by atoms with Crippen molar-refractivity contribution in [1.82, 2.24) is 10.6 Å². The molecule has 0 aromatic heterocycles. The molecule has 2 rings (SSSR count). The number of carbonyl (C=O) groups is 2. The van der Waals surface area contributed by atoms with Crippen LogP contribution in [0.2, 0.25) is 0 Å². The minimum absolute atomic E-state index is 0.0331. The van der Waals surface area contributed by atoms with Crippen molar-refractivity contribution in [3.8, 4) is 0 Å². The van der Waals surface area contributed by atoms with Gasteiger partial charge in [0.05, 0.1) is 0 Å². The summed E-state index contributed by atoms with van der Waals surface area (Å²) in [6.07, 6.45) is 1.60. The summed E-state index contributed by atoms with van der Waals surface area (Å²) in [5, 5.41) is 11.2. The average molecular weight is 276 g/mol. The Hall–Kier alpha value is -2.08. The first-order chi connectivity index (χ1) is 9.67. The lowest BCUT2D eigenvalue weighted by Gasteiger charge is -2.10. The topological polar surface area (TPSA) is 82.3 Å². The van der Waals surface area contributed by atoms with Gasteiger partial charge in [-0.1, -0.05) is 0 Å². The molecular formula is C14H20N4O2. The van der Waals surface area contributed by atoms with Crippen LogP contribution >= 0.6 is 0 Å². The third-order valence-corrected chi connectivity index (χ3v) is 3.29. The number of carbonyl (C=O) groups excluding carboxylic acids is 2. The molecule has 3 amide bonds. The molecule has 1 fully saturated rings. The molecule has 4 N–H and O–H groups in total. The number of nitrogens with one attached hydrogen (secondary N) is 4. The minimum Gasteiger partial charge on any atom is -0.341 e. The first kappa shape index (κ1) is 14.3. The molecule has 1 aliphatic heterocycles. The van der Waals surface area contributed by atoms with E-state index in [0.29, 0.717) is 18.0 Å². The largest absolute Gasteiger partial charge is 0.341 e. The van der Waals surface area contributed by atoms with Gasteiger partial charge in [-0.25, -0.2) is 4.79 Å². The van der Waals surface area contributed by atoms with E-state index in [-0.39, 0.29) is 11.9 Å². The van der Waals surface area contributed by atoms with Crippen molar-refractivity contribution in [2.24, 2.45) is 5.92 Å². The zero-order chi connectivity index (χ0) is 14.4. The van der Waals surface area contributed by atoms with Crippen LogP contribution in [-0.4, -0.2) is 32.1 Å².